The Bertz CT molecular complexity index is 1030. The fourth-order valence-corrected chi connectivity index (χ4v) is 5.44. The smallest absolute Gasteiger partial charge is 0.278 e. The van der Waals surface area contributed by atoms with Gasteiger partial charge in [-0.1, -0.05) is 18.9 Å². The average Bonchev–Trinajstić information content (AvgIpc) is 3.01. The van der Waals surface area contributed by atoms with Gasteiger partial charge in [-0.05, 0) is 49.6 Å². The molecule has 2 aromatic rings. The average molecular weight is 507 g/mol. The first-order chi connectivity index (χ1) is 17.1. The Morgan fingerprint density at radius 2 is 1.86 bits per heavy atom. The van der Waals surface area contributed by atoms with Crippen molar-refractivity contribution in [3.05, 3.63) is 41.1 Å². The number of rotatable bonds is 10. The molecular weight excluding hydrogens is 469 g/mol. The van der Waals surface area contributed by atoms with Gasteiger partial charge in [-0.3, -0.25) is 9.48 Å². The largest absolute Gasteiger partial charge is 0.471 e. The van der Waals surface area contributed by atoms with Crippen LogP contribution in [-0.4, -0.2) is 57.6 Å². The lowest BCUT2D eigenvalue weighted by Crippen LogP contribution is -2.29. The number of Topliss-reactive ketones (excluding diaryl/α,β-unsaturated/α-hetero) is 1. The summed E-state index contributed by atoms with van der Waals surface area (Å²) in [5, 5.41) is 3.68. The van der Waals surface area contributed by atoms with Gasteiger partial charge in [-0.25, -0.2) is 13.8 Å². The van der Waals surface area contributed by atoms with Gasteiger partial charge in [0.1, 0.15) is 5.78 Å². The lowest BCUT2D eigenvalue weighted by molar-refractivity contribution is -0.119. The zero-order valence-electron chi connectivity index (χ0n) is 21.3. The monoisotopic (exact) mass is 506 g/mol. The van der Waals surface area contributed by atoms with Gasteiger partial charge in [0.2, 0.25) is 11.8 Å². The summed E-state index contributed by atoms with van der Waals surface area (Å²) in [6.45, 7) is 3.09. The van der Waals surface area contributed by atoms with E-state index in [0.29, 0.717) is 23.8 Å². The minimum absolute atomic E-state index is 0.0973. The van der Waals surface area contributed by atoms with Gasteiger partial charge in [0.25, 0.3) is 5.92 Å². The minimum Gasteiger partial charge on any atom is -0.471 e. The SMILES string of the molecule is Cn1cc(CC(=O)CC2CCC(CCN3CCc4ccc(OCC(C)(F)F)nc4CC3)CC2)c(F)n1. The molecule has 1 saturated carbocycles. The van der Waals surface area contributed by atoms with E-state index in [4.69, 9.17) is 4.74 Å². The predicted octanol–water partition coefficient (Wildman–Crippen LogP) is 4.79. The third-order valence-corrected chi connectivity index (χ3v) is 7.46. The number of ketones is 1. The molecule has 0 amide bonds. The first kappa shape index (κ1) is 26.6. The summed E-state index contributed by atoms with van der Waals surface area (Å²) >= 11 is 0. The normalized spacial score (nSPS) is 21.1. The van der Waals surface area contributed by atoms with E-state index in [2.05, 4.69) is 15.0 Å². The number of pyridine rings is 1. The van der Waals surface area contributed by atoms with E-state index >= 15 is 0 Å². The zero-order chi connectivity index (χ0) is 25.7. The number of carbonyl (C=O) groups excluding carboxylic acids is 1. The fourth-order valence-electron chi connectivity index (χ4n) is 5.44. The molecule has 0 bridgehead atoms. The molecule has 1 aliphatic carbocycles. The lowest BCUT2D eigenvalue weighted by atomic mass is 9.78. The zero-order valence-corrected chi connectivity index (χ0v) is 21.3. The molecular formula is C27H37F3N4O2. The molecule has 9 heteroatoms. The summed E-state index contributed by atoms with van der Waals surface area (Å²) in [6, 6.07) is 3.65. The van der Waals surface area contributed by atoms with Crippen LogP contribution >= 0.6 is 0 Å². The number of aromatic nitrogens is 3. The van der Waals surface area contributed by atoms with Gasteiger partial charge in [0.15, 0.2) is 6.61 Å². The number of carbonyl (C=O) groups is 1. The highest BCUT2D eigenvalue weighted by atomic mass is 19.3. The second-order valence-corrected chi connectivity index (χ2v) is 10.7. The standard InChI is InChI=1S/C27H37F3N4O2/c1-27(29,30)18-36-25-8-7-21-10-13-34(14-11-24(21)31-25)12-9-19-3-5-20(6-4-19)15-23(35)16-22-17-33(2)32-26(22)28/h7-8,17,19-20H,3-6,9-16,18H2,1-2H3. The summed E-state index contributed by atoms with van der Waals surface area (Å²) in [6.07, 6.45) is 9.47. The van der Waals surface area contributed by atoms with Crippen molar-refractivity contribution in [2.45, 2.75) is 70.6 Å². The summed E-state index contributed by atoms with van der Waals surface area (Å²) in [5.74, 6) is -1.98. The number of fused-ring (bicyclic) bond motifs is 1. The molecule has 0 spiro atoms. The van der Waals surface area contributed by atoms with E-state index in [-0.39, 0.29) is 18.1 Å². The number of hydrogen-bond acceptors (Lipinski definition) is 5. The van der Waals surface area contributed by atoms with Crippen LogP contribution in [0.5, 0.6) is 5.88 Å². The molecule has 4 rings (SSSR count). The maximum absolute atomic E-state index is 13.7. The quantitative estimate of drug-likeness (QED) is 0.464. The first-order valence-corrected chi connectivity index (χ1v) is 13.1. The Hall–Kier alpha value is -2.42. The van der Waals surface area contributed by atoms with Crippen molar-refractivity contribution in [1.29, 1.82) is 0 Å². The molecule has 1 aliphatic heterocycles. The third kappa shape index (κ3) is 7.79. The molecule has 0 saturated heterocycles. The van der Waals surface area contributed by atoms with E-state index in [1.165, 1.54) is 10.2 Å². The van der Waals surface area contributed by atoms with E-state index in [1.54, 1.807) is 19.3 Å². The Kier molecular flexibility index (Phi) is 8.70. The fraction of sp³-hybridized carbons (Fsp3) is 0.667. The van der Waals surface area contributed by atoms with E-state index in [0.717, 1.165) is 77.2 Å². The molecule has 0 aromatic carbocycles. The first-order valence-electron chi connectivity index (χ1n) is 13.1. The van der Waals surface area contributed by atoms with Crippen LogP contribution in [0.4, 0.5) is 13.2 Å². The van der Waals surface area contributed by atoms with Crippen LogP contribution < -0.4 is 4.74 Å². The Balaban J connectivity index is 1.16. The molecule has 2 aromatic heterocycles. The van der Waals surface area contributed by atoms with E-state index in [9.17, 15) is 18.0 Å². The second-order valence-electron chi connectivity index (χ2n) is 10.7. The summed E-state index contributed by atoms with van der Waals surface area (Å²) in [5.41, 5.74) is 2.51. The van der Waals surface area contributed by atoms with Crippen LogP contribution in [0, 0.1) is 17.8 Å². The van der Waals surface area contributed by atoms with Gasteiger partial charge < -0.3 is 9.64 Å². The highest BCUT2D eigenvalue weighted by Gasteiger charge is 2.25. The van der Waals surface area contributed by atoms with Crippen LogP contribution in [0.3, 0.4) is 0 Å². The highest BCUT2D eigenvalue weighted by molar-refractivity contribution is 5.81. The van der Waals surface area contributed by atoms with Crippen LogP contribution in [-0.2, 0) is 31.1 Å². The molecule has 2 aliphatic rings. The molecule has 1 fully saturated rings. The van der Waals surface area contributed by atoms with Gasteiger partial charge in [0, 0.05) is 69.8 Å². The maximum Gasteiger partial charge on any atom is 0.278 e. The summed E-state index contributed by atoms with van der Waals surface area (Å²) < 4.78 is 46.5. The molecule has 0 atom stereocenters. The van der Waals surface area contributed by atoms with Crippen molar-refractivity contribution < 1.29 is 22.7 Å². The molecule has 6 nitrogen and oxygen atoms in total. The number of halogens is 3. The highest BCUT2D eigenvalue weighted by Crippen LogP contribution is 2.33. The van der Waals surface area contributed by atoms with Crippen molar-refractivity contribution in [2.24, 2.45) is 18.9 Å². The van der Waals surface area contributed by atoms with Gasteiger partial charge >= 0.3 is 0 Å². The summed E-state index contributed by atoms with van der Waals surface area (Å²) in [7, 11) is 1.66. The molecule has 198 valence electrons. The molecule has 36 heavy (non-hydrogen) atoms. The molecule has 0 radical (unpaired) electrons. The maximum atomic E-state index is 13.7. The van der Waals surface area contributed by atoms with Gasteiger partial charge in [-0.15, -0.1) is 5.10 Å². The van der Waals surface area contributed by atoms with Gasteiger partial charge in [-0.2, -0.15) is 4.39 Å². The van der Waals surface area contributed by atoms with Gasteiger partial charge in [0.05, 0.1) is 0 Å². The topological polar surface area (TPSA) is 60.2 Å². The van der Waals surface area contributed by atoms with Crippen molar-refractivity contribution in [2.75, 3.05) is 26.2 Å². The van der Waals surface area contributed by atoms with Crippen molar-refractivity contribution in [1.82, 2.24) is 19.7 Å². The number of aryl methyl sites for hydroxylation is 1. The summed E-state index contributed by atoms with van der Waals surface area (Å²) in [4.78, 5) is 19.4. The lowest BCUT2D eigenvalue weighted by Gasteiger charge is -2.30. The van der Waals surface area contributed by atoms with Crippen LogP contribution in [0.15, 0.2) is 18.3 Å². The predicted molar refractivity (Wildman–Crippen MR) is 131 cm³/mol. The number of hydrogen-bond donors (Lipinski definition) is 0. The second kappa shape index (κ2) is 11.8. The van der Waals surface area contributed by atoms with Crippen LogP contribution in [0.2, 0.25) is 0 Å². The van der Waals surface area contributed by atoms with E-state index in [1.807, 2.05) is 6.07 Å². The Morgan fingerprint density at radius 1 is 1.14 bits per heavy atom. The third-order valence-electron chi connectivity index (χ3n) is 7.46. The number of alkyl halides is 2. The van der Waals surface area contributed by atoms with Crippen molar-refractivity contribution in [3.63, 3.8) is 0 Å². The number of nitrogens with zero attached hydrogens (tertiary/aromatic N) is 4. The van der Waals surface area contributed by atoms with Crippen molar-refractivity contribution >= 4 is 5.78 Å². The van der Waals surface area contributed by atoms with E-state index < -0.39 is 18.5 Å². The Labute approximate surface area is 211 Å². The van der Waals surface area contributed by atoms with Crippen LogP contribution in [0.25, 0.3) is 0 Å². The molecule has 3 heterocycles. The molecule has 0 unspecified atom stereocenters. The minimum atomic E-state index is -2.88. The van der Waals surface area contributed by atoms with Crippen LogP contribution in [0.1, 0.15) is 62.3 Å². The number of ether oxygens (including phenoxy) is 1. The Morgan fingerprint density at radius 3 is 2.56 bits per heavy atom. The van der Waals surface area contributed by atoms with Crippen molar-refractivity contribution in [3.8, 4) is 5.88 Å². The molecule has 0 N–H and O–H groups in total.